The highest BCUT2D eigenvalue weighted by atomic mass is 32.2. The van der Waals surface area contributed by atoms with E-state index in [4.69, 9.17) is 4.74 Å². The number of hydrogen-bond donors (Lipinski definition) is 0. The second kappa shape index (κ2) is 4.14. The van der Waals surface area contributed by atoms with Gasteiger partial charge in [-0.05, 0) is 6.26 Å². The van der Waals surface area contributed by atoms with Gasteiger partial charge in [-0.15, -0.1) is 11.8 Å². The number of pyridine rings is 1. The Morgan fingerprint density at radius 3 is 2.61 bits per heavy atom. The molecule has 90 valence electrons. The number of thioether (sulfide) groups is 1. The van der Waals surface area contributed by atoms with Crippen molar-refractivity contribution >= 4 is 17.5 Å². The Balaban J connectivity index is 2.34. The number of methoxy groups -OCH3 is 1. The number of fused-ring (bicyclic) bond motifs is 3. The molecule has 0 radical (unpaired) electrons. The van der Waals surface area contributed by atoms with Gasteiger partial charge in [0.1, 0.15) is 0 Å². The first-order valence-corrected chi connectivity index (χ1v) is 6.76. The number of benzene rings is 1. The molecule has 1 aromatic carbocycles. The summed E-state index contributed by atoms with van der Waals surface area (Å²) in [5, 5.41) is 0. The van der Waals surface area contributed by atoms with Crippen molar-refractivity contribution in [3.8, 4) is 17.1 Å². The van der Waals surface area contributed by atoms with Gasteiger partial charge in [-0.1, -0.05) is 24.3 Å². The van der Waals surface area contributed by atoms with Crippen LogP contribution in [0.1, 0.15) is 15.9 Å². The van der Waals surface area contributed by atoms with Crippen molar-refractivity contribution in [3.05, 3.63) is 41.5 Å². The van der Waals surface area contributed by atoms with Crippen LogP contribution in [0.25, 0.3) is 11.3 Å². The minimum absolute atomic E-state index is 0.0557. The van der Waals surface area contributed by atoms with Crippen LogP contribution in [0.4, 0.5) is 0 Å². The standard InChI is InChI=1S/C14H11NO2S/c1-17-11-7-10(18-2)12-13(15-11)8-5-3-4-6-9(8)14(12)16/h3-7H,1-2H3. The summed E-state index contributed by atoms with van der Waals surface area (Å²) < 4.78 is 5.20. The summed E-state index contributed by atoms with van der Waals surface area (Å²) in [6.07, 6.45) is 1.95. The first-order valence-electron chi connectivity index (χ1n) is 5.53. The maximum absolute atomic E-state index is 12.4. The molecule has 0 atom stereocenters. The number of nitrogens with zero attached hydrogens (tertiary/aromatic N) is 1. The third-order valence-corrected chi connectivity index (χ3v) is 3.80. The Hall–Kier alpha value is -1.81. The molecule has 1 aliphatic rings. The van der Waals surface area contributed by atoms with Crippen molar-refractivity contribution in [3.63, 3.8) is 0 Å². The molecule has 1 aromatic heterocycles. The number of ketones is 1. The second-order valence-corrected chi connectivity index (χ2v) is 4.81. The van der Waals surface area contributed by atoms with Crippen LogP contribution in [0, 0.1) is 0 Å². The van der Waals surface area contributed by atoms with Gasteiger partial charge in [0, 0.05) is 22.1 Å². The van der Waals surface area contributed by atoms with Gasteiger partial charge in [-0.25, -0.2) is 4.98 Å². The highest BCUT2D eigenvalue weighted by molar-refractivity contribution is 7.98. The van der Waals surface area contributed by atoms with E-state index in [2.05, 4.69) is 4.98 Å². The fraction of sp³-hybridized carbons (Fsp3) is 0.143. The summed E-state index contributed by atoms with van der Waals surface area (Å²) in [7, 11) is 1.58. The molecule has 0 aliphatic heterocycles. The molecular weight excluding hydrogens is 246 g/mol. The molecule has 1 aliphatic carbocycles. The number of carbonyl (C=O) groups is 1. The largest absolute Gasteiger partial charge is 0.481 e. The maximum Gasteiger partial charge on any atom is 0.214 e. The van der Waals surface area contributed by atoms with Crippen molar-refractivity contribution in [2.75, 3.05) is 13.4 Å². The third kappa shape index (κ3) is 1.46. The van der Waals surface area contributed by atoms with Crippen LogP contribution in [-0.4, -0.2) is 24.1 Å². The quantitative estimate of drug-likeness (QED) is 0.661. The number of ether oxygens (including phenoxy) is 1. The summed E-state index contributed by atoms with van der Waals surface area (Å²) in [4.78, 5) is 17.7. The molecule has 0 fully saturated rings. The van der Waals surface area contributed by atoms with Crippen molar-refractivity contribution in [2.45, 2.75) is 4.90 Å². The van der Waals surface area contributed by atoms with Gasteiger partial charge < -0.3 is 4.74 Å². The normalized spacial score (nSPS) is 12.2. The monoisotopic (exact) mass is 257 g/mol. The summed E-state index contributed by atoms with van der Waals surface area (Å²) in [6.45, 7) is 0. The highest BCUT2D eigenvalue weighted by Crippen LogP contribution is 2.40. The molecule has 18 heavy (non-hydrogen) atoms. The highest BCUT2D eigenvalue weighted by Gasteiger charge is 2.30. The summed E-state index contributed by atoms with van der Waals surface area (Å²) >= 11 is 1.54. The van der Waals surface area contributed by atoms with Gasteiger partial charge in [0.05, 0.1) is 18.4 Å². The molecule has 0 unspecified atom stereocenters. The van der Waals surface area contributed by atoms with Crippen LogP contribution in [0.5, 0.6) is 5.88 Å². The van der Waals surface area contributed by atoms with Crippen molar-refractivity contribution in [1.29, 1.82) is 0 Å². The first-order chi connectivity index (χ1) is 8.76. The molecule has 0 spiro atoms. The minimum Gasteiger partial charge on any atom is -0.481 e. The Labute approximate surface area is 109 Å². The predicted octanol–water partition coefficient (Wildman–Crippen LogP) is 3.02. The lowest BCUT2D eigenvalue weighted by atomic mass is 10.1. The predicted molar refractivity (Wildman–Crippen MR) is 71.4 cm³/mol. The molecule has 3 nitrogen and oxygen atoms in total. The smallest absolute Gasteiger partial charge is 0.214 e. The third-order valence-electron chi connectivity index (χ3n) is 3.04. The molecule has 0 amide bonds. The van der Waals surface area contributed by atoms with Gasteiger partial charge in [-0.2, -0.15) is 0 Å². The zero-order valence-electron chi connectivity index (χ0n) is 10.1. The molecule has 3 rings (SSSR count). The van der Waals surface area contributed by atoms with Crippen LogP contribution in [0.15, 0.2) is 35.2 Å². The number of aromatic nitrogens is 1. The van der Waals surface area contributed by atoms with E-state index in [1.807, 2.05) is 36.6 Å². The zero-order chi connectivity index (χ0) is 12.7. The Kier molecular flexibility index (Phi) is 2.59. The van der Waals surface area contributed by atoms with Crippen molar-refractivity contribution < 1.29 is 9.53 Å². The van der Waals surface area contributed by atoms with Crippen LogP contribution < -0.4 is 4.74 Å². The number of rotatable bonds is 2. The van der Waals surface area contributed by atoms with E-state index < -0.39 is 0 Å². The average molecular weight is 257 g/mol. The van der Waals surface area contributed by atoms with Gasteiger partial charge in [0.15, 0.2) is 5.78 Å². The second-order valence-electron chi connectivity index (χ2n) is 3.97. The Morgan fingerprint density at radius 1 is 1.22 bits per heavy atom. The zero-order valence-corrected chi connectivity index (χ0v) is 10.9. The topological polar surface area (TPSA) is 39.2 Å². The molecule has 0 bridgehead atoms. The Bertz CT molecular complexity index is 652. The number of hydrogen-bond acceptors (Lipinski definition) is 4. The van der Waals surface area contributed by atoms with Gasteiger partial charge in [-0.3, -0.25) is 4.79 Å². The lowest BCUT2D eigenvalue weighted by Crippen LogP contribution is -1.99. The van der Waals surface area contributed by atoms with Crippen LogP contribution >= 0.6 is 11.8 Å². The molecular formula is C14H11NO2S. The van der Waals surface area contributed by atoms with E-state index in [-0.39, 0.29) is 5.78 Å². The van der Waals surface area contributed by atoms with Crippen molar-refractivity contribution in [2.24, 2.45) is 0 Å². The Morgan fingerprint density at radius 2 is 1.94 bits per heavy atom. The van der Waals surface area contributed by atoms with Gasteiger partial charge in [0.2, 0.25) is 5.88 Å². The SMILES string of the molecule is COc1cc(SC)c2c(n1)-c1ccccc1C2=O. The summed E-state index contributed by atoms with van der Waals surface area (Å²) in [5.74, 6) is 0.600. The maximum atomic E-state index is 12.4. The summed E-state index contributed by atoms with van der Waals surface area (Å²) in [6, 6.07) is 9.37. The van der Waals surface area contributed by atoms with Crippen LogP contribution in [0.2, 0.25) is 0 Å². The van der Waals surface area contributed by atoms with E-state index in [0.29, 0.717) is 11.4 Å². The fourth-order valence-electron chi connectivity index (χ4n) is 2.20. The molecule has 0 saturated heterocycles. The molecule has 4 heteroatoms. The van der Waals surface area contributed by atoms with Gasteiger partial charge >= 0.3 is 0 Å². The van der Waals surface area contributed by atoms with Crippen molar-refractivity contribution in [1.82, 2.24) is 4.98 Å². The van der Waals surface area contributed by atoms with E-state index in [9.17, 15) is 4.79 Å². The van der Waals surface area contributed by atoms with Crippen LogP contribution in [0.3, 0.4) is 0 Å². The lowest BCUT2D eigenvalue weighted by molar-refractivity contribution is 0.104. The van der Waals surface area contributed by atoms with E-state index >= 15 is 0 Å². The van der Waals surface area contributed by atoms with Crippen LogP contribution in [-0.2, 0) is 0 Å². The number of carbonyl (C=O) groups excluding carboxylic acids is 1. The molecule has 0 N–H and O–H groups in total. The molecule has 1 heterocycles. The summed E-state index contributed by atoms with van der Waals surface area (Å²) in [5.41, 5.74) is 3.05. The lowest BCUT2D eigenvalue weighted by Gasteiger charge is -2.07. The van der Waals surface area contributed by atoms with E-state index in [0.717, 1.165) is 21.7 Å². The van der Waals surface area contributed by atoms with E-state index in [1.54, 1.807) is 7.11 Å². The molecule has 0 saturated carbocycles. The fourth-order valence-corrected chi connectivity index (χ4v) is 2.81. The average Bonchev–Trinajstić information content (AvgIpc) is 2.72. The molecule has 2 aromatic rings. The minimum atomic E-state index is 0.0557. The first kappa shape index (κ1) is 11.3. The van der Waals surface area contributed by atoms with Gasteiger partial charge in [0.25, 0.3) is 0 Å². The van der Waals surface area contributed by atoms with E-state index in [1.165, 1.54) is 11.8 Å².